The van der Waals surface area contributed by atoms with Crippen LogP contribution >= 0.6 is 38.3 Å². The number of thiophene rings is 1. The van der Waals surface area contributed by atoms with Gasteiger partial charge in [-0.25, -0.2) is 0 Å². The average Bonchev–Trinajstić information content (AvgIpc) is 2.73. The van der Waals surface area contributed by atoms with E-state index >= 15 is 0 Å². The van der Waals surface area contributed by atoms with Crippen LogP contribution in [0.3, 0.4) is 0 Å². The first-order valence-corrected chi connectivity index (χ1v) is 6.67. The molecule has 0 bridgehead atoms. The van der Waals surface area contributed by atoms with Crippen molar-refractivity contribution >= 4 is 44.2 Å². The molecule has 0 unspecified atom stereocenters. The van der Waals surface area contributed by atoms with E-state index in [-0.39, 0.29) is 45.0 Å². The van der Waals surface area contributed by atoms with E-state index in [1.165, 1.54) is 5.56 Å². The largest absolute Gasteiger partial charge is 0.347 e. The van der Waals surface area contributed by atoms with Crippen LogP contribution in [0.25, 0.3) is 0 Å². The monoisotopic (exact) mass is 306 g/mol. The Kier molecular flexibility index (Phi) is 8.02. The van der Waals surface area contributed by atoms with Crippen LogP contribution in [0, 0.1) is 5.92 Å². The van der Waals surface area contributed by atoms with Crippen molar-refractivity contribution in [1.29, 1.82) is 0 Å². The molecule has 1 aromatic rings. The molecule has 1 saturated heterocycles. The van der Waals surface area contributed by atoms with Gasteiger partial charge in [0.2, 0.25) is 5.91 Å². The highest BCUT2D eigenvalue weighted by atomic mass is 32.1. The van der Waals surface area contributed by atoms with Crippen LogP contribution in [0.4, 0.5) is 0 Å². The van der Waals surface area contributed by atoms with Gasteiger partial charge < -0.3 is 10.6 Å². The van der Waals surface area contributed by atoms with Gasteiger partial charge in [-0.2, -0.15) is 38.3 Å². The smallest absolute Gasteiger partial charge is 0.237 e. The van der Waals surface area contributed by atoms with Crippen molar-refractivity contribution in [3.05, 3.63) is 22.4 Å². The molecule has 18 heavy (non-hydrogen) atoms. The Morgan fingerprint density at radius 2 is 2.17 bits per heavy atom. The summed E-state index contributed by atoms with van der Waals surface area (Å²) in [6.07, 6.45) is 0.905. The lowest BCUT2D eigenvalue weighted by Gasteiger charge is -2.31. The first-order valence-electron chi connectivity index (χ1n) is 5.72. The Labute approximate surface area is 127 Å². The highest BCUT2D eigenvalue weighted by molar-refractivity contribution is 7.59. The standard InChI is InChI=1S/C12H18N2OS.2H2S/c1-8(2)5-10-12(15)14-11(6-13-10)9-3-4-16-7-9;;/h3-4,7-8,10-11,13H,5-6H2,1-2H3,(H,14,15);2*1H2/t10-,11+;;/m0../s1. The van der Waals surface area contributed by atoms with E-state index in [0.29, 0.717) is 5.92 Å². The van der Waals surface area contributed by atoms with Gasteiger partial charge in [-0.1, -0.05) is 13.8 Å². The predicted molar refractivity (Wildman–Crippen MR) is 87.2 cm³/mol. The Bertz CT molecular complexity index is 354. The van der Waals surface area contributed by atoms with E-state index in [2.05, 4.69) is 35.9 Å². The molecule has 0 aromatic carbocycles. The molecule has 1 aliphatic heterocycles. The molecule has 0 spiro atoms. The van der Waals surface area contributed by atoms with Gasteiger partial charge in [0.25, 0.3) is 0 Å². The zero-order valence-electron chi connectivity index (χ0n) is 10.7. The lowest BCUT2D eigenvalue weighted by molar-refractivity contribution is -0.125. The maximum absolute atomic E-state index is 11.9. The molecule has 104 valence electrons. The van der Waals surface area contributed by atoms with Crippen molar-refractivity contribution in [1.82, 2.24) is 10.6 Å². The van der Waals surface area contributed by atoms with Crippen LogP contribution in [-0.4, -0.2) is 18.5 Å². The Morgan fingerprint density at radius 3 is 2.67 bits per heavy atom. The summed E-state index contributed by atoms with van der Waals surface area (Å²) in [5, 5.41) is 10.5. The molecule has 1 fully saturated rings. The van der Waals surface area contributed by atoms with E-state index in [4.69, 9.17) is 0 Å². The number of rotatable bonds is 3. The van der Waals surface area contributed by atoms with Gasteiger partial charge in [-0.05, 0) is 34.7 Å². The Balaban J connectivity index is 0.00000144. The maximum atomic E-state index is 11.9. The van der Waals surface area contributed by atoms with Crippen LogP contribution in [0.5, 0.6) is 0 Å². The molecule has 6 heteroatoms. The van der Waals surface area contributed by atoms with Crippen LogP contribution in [0.1, 0.15) is 31.9 Å². The molecule has 2 rings (SSSR count). The molecule has 1 aromatic heterocycles. The molecular weight excluding hydrogens is 284 g/mol. The molecule has 2 heterocycles. The average molecular weight is 307 g/mol. The predicted octanol–water partition coefficient (Wildman–Crippen LogP) is 2.15. The van der Waals surface area contributed by atoms with Crippen molar-refractivity contribution in [3.63, 3.8) is 0 Å². The molecule has 3 nitrogen and oxygen atoms in total. The van der Waals surface area contributed by atoms with Crippen LogP contribution in [0.2, 0.25) is 0 Å². The van der Waals surface area contributed by atoms with Gasteiger partial charge in [-0.3, -0.25) is 4.79 Å². The zero-order chi connectivity index (χ0) is 11.5. The first kappa shape index (κ1) is 17.8. The summed E-state index contributed by atoms with van der Waals surface area (Å²) in [6, 6.07) is 2.19. The molecular formula is C12H22N2OS3. The summed E-state index contributed by atoms with van der Waals surface area (Å²) in [5.74, 6) is 0.678. The maximum Gasteiger partial charge on any atom is 0.237 e. The molecule has 1 aliphatic rings. The highest BCUT2D eigenvalue weighted by Crippen LogP contribution is 2.19. The van der Waals surface area contributed by atoms with Crippen molar-refractivity contribution < 1.29 is 4.79 Å². The summed E-state index contributed by atoms with van der Waals surface area (Å²) in [5.41, 5.74) is 1.20. The minimum Gasteiger partial charge on any atom is -0.347 e. The fourth-order valence-electron chi connectivity index (χ4n) is 2.01. The number of carbonyl (C=O) groups is 1. The summed E-state index contributed by atoms with van der Waals surface area (Å²) in [4.78, 5) is 11.9. The number of hydrogen-bond donors (Lipinski definition) is 2. The van der Waals surface area contributed by atoms with E-state index in [9.17, 15) is 4.79 Å². The fourth-order valence-corrected chi connectivity index (χ4v) is 2.73. The van der Waals surface area contributed by atoms with Crippen molar-refractivity contribution in [3.8, 4) is 0 Å². The molecule has 2 atom stereocenters. The van der Waals surface area contributed by atoms with Gasteiger partial charge in [0.05, 0.1) is 12.1 Å². The number of hydrogen-bond acceptors (Lipinski definition) is 3. The third-order valence-corrected chi connectivity index (χ3v) is 3.56. The number of nitrogens with one attached hydrogen (secondary N) is 2. The zero-order valence-corrected chi connectivity index (χ0v) is 13.5. The van der Waals surface area contributed by atoms with Gasteiger partial charge in [0, 0.05) is 6.54 Å². The topological polar surface area (TPSA) is 41.1 Å². The van der Waals surface area contributed by atoms with E-state index < -0.39 is 0 Å². The minimum absolute atomic E-state index is 0. The second-order valence-corrected chi connectivity index (χ2v) is 5.49. The fraction of sp³-hybridized carbons (Fsp3) is 0.583. The molecule has 1 amide bonds. The number of amides is 1. The summed E-state index contributed by atoms with van der Waals surface area (Å²) in [7, 11) is 0. The Morgan fingerprint density at radius 1 is 1.44 bits per heavy atom. The quantitative estimate of drug-likeness (QED) is 0.898. The Hall–Kier alpha value is -0.170. The summed E-state index contributed by atoms with van der Waals surface area (Å²) in [6.45, 7) is 5.11. The molecule has 0 radical (unpaired) electrons. The van der Waals surface area contributed by atoms with E-state index in [0.717, 1.165) is 13.0 Å². The van der Waals surface area contributed by atoms with Crippen molar-refractivity contribution in [2.45, 2.75) is 32.4 Å². The third-order valence-electron chi connectivity index (χ3n) is 2.85. The van der Waals surface area contributed by atoms with Gasteiger partial charge in [-0.15, -0.1) is 0 Å². The van der Waals surface area contributed by atoms with E-state index in [1.54, 1.807) is 11.3 Å². The lowest BCUT2D eigenvalue weighted by Crippen LogP contribution is -2.54. The molecule has 0 aliphatic carbocycles. The SMILES string of the molecule is CC(C)C[C@@H]1NC[C@H](c2ccsc2)NC1=O.S.S. The highest BCUT2D eigenvalue weighted by Gasteiger charge is 2.28. The van der Waals surface area contributed by atoms with Crippen molar-refractivity contribution in [2.75, 3.05) is 6.54 Å². The van der Waals surface area contributed by atoms with Gasteiger partial charge in [0.1, 0.15) is 0 Å². The van der Waals surface area contributed by atoms with Gasteiger partial charge in [0.15, 0.2) is 0 Å². The van der Waals surface area contributed by atoms with E-state index in [1.807, 2.05) is 5.38 Å². The normalized spacial score (nSPS) is 22.9. The van der Waals surface area contributed by atoms with Crippen molar-refractivity contribution in [2.24, 2.45) is 5.92 Å². The van der Waals surface area contributed by atoms with Crippen LogP contribution in [-0.2, 0) is 4.79 Å². The van der Waals surface area contributed by atoms with Gasteiger partial charge >= 0.3 is 0 Å². The van der Waals surface area contributed by atoms with Crippen LogP contribution in [0.15, 0.2) is 16.8 Å². The molecule has 0 saturated carbocycles. The second-order valence-electron chi connectivity index (χ2n) is 4.71. The van der Waals surface area contributed by atoms with Crippen LogP contribution < -0.4 is 10.6 Å². The number of piperazine rings is 1. The third kappa shape index (κ3) is 4.50. The summed E-state index contributed by atoms with van der Waals surface area (Å²) < 4.78 is 0. The second kappa shape index (κ2) is 8.09. The summed E-state index contributed by atoms with van der Waals surface area (Å²) >= 11 is 1.67. The molecule has 2 N–H and O–H groups in total. The minimum atomic E-state index is -0.0186. The lowest BCUT2D eigenvalue weighted by atomic mass is 9.99. The first-order chi connectivity index (χ1) is 7.66. The number of carbonyl (C=O) groups excluding carboxylic acids is 1.